The maximum absolute atomic E-state index is 5.06. The first-order chi connectivity index (χ1) is 16.2. The largest absolute Gasteiger partial charge is 0.281 e. The van der Waals surface area contributed by atoms with Crippen molar-refractivity contribution in [1.29, 1.82) is 0 Å². The molecule has 5 aromatic rings. The second-order valence-corrected chi connectivity index (χ2v) is 8.63. The summed E-state index contributed by atoms with van der Waals surface area (Å²) in [5.74, 6) is 0. The molecule has 0 spiro atoms. The molecular formula is C29H22N4. The third-order valence-corrected chi connectivity index (χ3v) is 6.49. The molecule has 0 saturated heterocycles. The van der Waals surface area contributed by atoms with Gasteiger partial charge in [-0.05, 0) is 81.7 Å². The second-order valence-electron chi connectivity index (χ2n) is 8.63. The highest BCUT2D eigenvalue weighted by Gasteiger charge is 2.30. The van der Waals surface area contributed by atoms with Crippen molar-refractivity contribution in [1.82, 2.24) is 9.97 Å². The van der Waals surface area contributed by atoms with Crippen LogP contribution in [0.3, 0.4) is 0 Å². The summed E-state index contributed by atoms with van der Waals surface area (Å²) in [6, 6.07) is 21.0. The van der Waals surface area contributed by atoms with Crippen LogP contribution in [-0.4, -0.2) is 22.4 Å². The molecule has 0 saturated carbocycles. The molecule has 4 heteroatoms. The summed E-state index contributed by atoms with van der Waals surface area (Å²) in [5.41, 5.74) is 4.00. The normalized spacial score (nSPS) is 17.8. The monoisotopic (exact) mass is 426 g/mol. The number of pyridine rings is 2. The number of hydrogen-bond acceptors (Lipinski definition) is 4. The van der Waals surface area contributed by atoms with Gasteiger partial charge in [0.05, 0.1) is 11.2 Å². The predicted octanol–water partition coefficient (Wildman–Crippen LogP) is 5.77. The fraction of sp³-hybridized carbons (Fsp3) is 0.103. The molecule has 3 aromatic carbocycles. The lowest BCUT2D eigenvalue weighted by atomic mass is 9.79. The predicted molar refractivity (Wildman–Crippen MR) is 136 cm³/mol. The Balaban J connectivity index is 1.52. The Morgan fingerprint density at radius 1 is 0.758 bits per heavy atom. The molecule has 33 heavy (non-hydrogen) atoms. The Morgan fingerprint density at radius 2 is 1.45 bits per heavy atom. The summed E-state index contributed by atoms with van der Waals surface area (Å²) >= 11 is 0. The van der Waals surface area contributed by atoms with Crippen LogP contribution in [0.5, 0.6) is 0 Å². The second kappa shape index (κ2) is 7.75. The number of rotatable bonds is 4. The van der Waals surface area contributed by atoms with E-state index in [0.717, 1.165) is 28.6 Å². The smallest absolute Gasteiger partial charge is 0.0869 e. The molecule has 158 valence electrons. The number of aromatic nitrogens is 2. The molecule has 0 fully saturated rings. The van der Waals surface area contributed by atoms with Gasteiger partial charge in [-0.25, -0.2) is 0 Å². The summed E-state index contributed by atoms with van der Waals surface area (Å²) in [6.45, 7) is 2.22. The Morgan fingerprint density at radius 3 is 2.21 bits per heavy atom. The van der Waals surface area contributed by atoms with Crippen molar-refractivity contribution in [2.24, 2.45) is 9.98 Å². The van der Waals surface area contributed by atoms with Gasteiger partial charge in [-0.1, -0.05) is 36.4 Å². The first-order valence-electron chi connectivity index (χ1n) is 11.1. The van der Waals surface area contributed by atoms with Gasteiger partial charge < -0.3 is 0 Å². The van der Waals surface area contributed by atoms with Gasteiger partial charge >= 0.3 is 0 Å². The molecule has 0 bridgehead atoms. The summed E-state index contributed by atoms with van der Waals surface area (Å²) < 4.78 is 0. The average Bonchev–Trinajstić information content (AvgIpc) is 2.87. The van der Waals surface area contributed by atoms with Crippen LogP contribution in [-0.2, 0) is 5.54 Å². The van der Waals surface area contributed by atoms with Crippen molar-refractivity contribution in [3.63, 3.8) is 0 Å². The van der Waals surface area contributed by atoms with Crippen molar-refractivity contribution in [3.05, 3.63) is 107 Å². The Bertz CT molecular complexity index is 1590. The van der Waals surface area contributed by atoms with Crippen molar-refractivity contribution in [2.45, 2.75) is 18.9 Å². The standard InChI is InChI=1S/C29H22N4/c1-29(33-19-21-11-16-31-17-12-21)13-8-23-2-5-24-26(32-18-20-9-14-30-15-10-20)7-4-22-3-6-25(29)28(23)27(22)24/h2-12,14-19H,13H2,1H3. The van der Waals surface area contributed by atoms with Gasteiger partial charge in [0.25, 0.3) is 0 Å². The fourth-order valence-corrected chi connectivity index (χ4v) is 4.69. The summed E-state index contributed by atoms with van der Waals surface area (Å²) in [7, 11) is 0. The highest BCUT2D eigenvalue weighted by molar-refractivity contribution is 6.16. The molecule has 6 rings (SSSR count). The molecule has 1 atom stereocenters. The number of benzene rings is 3. The average molecular weight is 427 g/mol. The topological polar surface area (TPSA) is 50.5 Å². The van der Waals surface area contributed by atoms with E-state index >= 15 is 0 Å². The lowest BCUT2D eigenvalue weighted by Gasteiger charge is -2.30. The van der Waals surface area contributed by atoms with E-state index < -0.39 is 0 Å². The zero-order valence-electron chi connectivity index (χ0n) is 18.3. The zero-order chi connectivity index (χ0) is 22.3. The van der Waals surface area contributed by atoms with Crippen molar-refractivity contribution >= 4 is 45.7 Å². The third kappa shape index (κ3) is 3.40. The van der Waals surface area contributed by atoms with Gasteiger partial charge in [-0.3, -0.25) is 20.0 Å². The minimum Gasteiger partial charge on any atom is -0.281 e. The van der Waals surface area contributed by atoms with Gasteiger partial charge in [0, 0.05) is 42.6 Å². The van der Waals surface area contributed by atoms with E-state index in [2.05, 4.69) is 59.4 Å². The van der Waals surface area contributed by atoms with Crippen molar-refractivity contribution in [2.75, 3.05) is 0 Å². The Hall–Kier alpha value is -4.18. The molecule has 1 aliphatic rings. The van der Waals surface area contributed by atoms with Crippen molar-refractivity contribution < 1.29 is 0 Å². The Kier molecular flexibility index (Phi) is 4.58. The van der Waals surface area contributed by atoms with Crippen LogP contribution in [0.15, 0.2) is 95.4 Å². The highest BCUT2D eigenvalue weighted by Crippen LogP contribution is 2.41. The molecule has 0 amide bonds. The number of hydrogen-bond donors (Lipinski definition) is 0. The van der Waals surface area contributed by atoms with Gasteiger partial charge in [-0.2, -0.15) is 0 Å². The molecule has 2 aromatic heterocycles. The lowest BCUT2D eigenvalue weighted by Crippen LogP contribution is -2.26. The van der Waals surface area contributed by atoms with E-state index in [1.54, 1.807) is 24.8 Å². The van der Waals surface area contributed by atoms with Gasteiger partial charge in [-0.15, -0.1) is 0 Å². The summed E-state index contributed by atoms with van der Waals surface area (Å²) in [5, 5.41) is 6.20. The van der Waals surface area contributed by atoms with Crippen LogP contribution >= 0.6 is 0 Å². The van der Waals surface area contributed by atoms with E-state index in [9.17, 15) is 0 Å². The molecule has 1 aliphatic carbocycles. The van der Waals surface area contributed by atoms with Crippen LogP contribution < -0.4 is 5.22 Å². The molecule has 0 aliphatic heterocycles. The van der Waals surface area contributed by atoms with Crippen LogP contribution in [0.4, 0.5) is 5.69 Å². The lowest BCUT2D eigenvalue weighted by molar-refractivity contribution is 0.522. The quantitative estimate of drug-likeness (QED) is 0.343. The molecule has 0 radical (unpaired) electrons. The van der Waals surface area contributed by atoms with Gasteiger partial charge in [0.15, 0.2) is 0 Å². The van der Waals surface area contributed by atoms with E-state index in [1.165, 1.54) is 26.9 Å². The minimum absolute atomic E-state index is 0.324. The van der Waals surface area contributed by atoms with Crippen LogP contribution in [0, 0.1) is 0 Å². The minimum atomic E-state index is -0.324. The Labute approximate surface area is 192 Å². The highest BCUT2D eigenvalue weighted by atomic mass is 14.8. The number of aliphatic imine (C=N–C) groups is 2. The fourth-order valence-electron chi connectivity index (χ4n) is 4.69. The summed E-state index contributed by atoms with van der Waals surface area (Å²) in [6.07, 6.45) is 14.2. The molecule has 0 N–H and O–H groups in total. The third-order valence-electron chi connectivity index (χ3n) is 6.49. The molecular weight excluding hydrogens is 404 g/mol. The van der Waals surface area contributed by atoms with Crippen LogP contribution in [0.1, 0.15) is 30.0 Å². The first kappa shape index (κ1) is 19.5. The van der Waals surface area contributed by atoms with Crippen molar-refractivity contribution in [3.8, 4) is 0 Å². The van der Waals surface area contributed by atoms with E-state index in [-0.39, 0.29) is 5.54 Å². The van der Waals surface area contributed by atoms with E-state index in [0.29, 0.717) is 0 Å². The van der Waals surface area contributed by atoms with Gasteiger partial charge in [0.1, 0.15) is 0 Å². The molecule has 4 nitrogen and oxygen atoms in total. The van der Waals surface area contributed by atoms with E-state index in [1.807, 2.05) is 36.7 Å². The van der Waals surface area contributed by atoms with E-state index in [4.69, 9.17) is 9.98 Å². The molecule has 1 unspecified atom stereocenters. The SMILES string of the molecule is CC1(N=Cc2ccncc2)CC=c2ccc3c(N=Cc4ccncc4)ccc4ccc1c2c43. The van der Waals surface area contributed by atoms with Gasteiger partial charge in [0.2, 0.25) is 0 Å². The van der Waals surface area contributed by atoms with Crippen LogP contribution in [0.25, 0.3) is 27.6 Å². The zero-order valence-corrected chi connectivity index (χ0v) is 18.3. The number of nitrogens with zero attached hydrogens (tertiary/aromatic N) is 4. The van der Waals surface area contributed by atoms with Crippen LogP contribution in [0.2, 0.25) is 0 Å². The first-order valence-corrected chi connectivity index (χ1v) is 11.1. The maximum Gasteiger partial charge on any atom is 0.0869 e. The molecule has 2 heterocycles. The summed E-state index contributed by atoms with van der Waals surface area (Å²) in [4.78, 5) is 18.1. The maximum atomic E-state index is 5.06.